The molecule has 0 saturated carbocycles. The van der Waals surface area contributed by atoms with Crippen molar-refractivity contribution in [3.63, 3.8) is 0 Å². The van der Waals surface area contributed by atoms with Gasteiger partial charge in [0.15, 0.2) is 0 Å². The zero-order chi connectivity index (χ0) is 11.5. The molecule has 0 spiro atoms. The molecule has 0 aromatic heterocycles. The molecule has 1 heterocycles. The summed E-state index contributed by atoms with van der Waals surface area (Å²) < 4.78 is 4.84. The molecular formula is C12H23NO2. The van der Waals surface area contributed by atoms with E-state index in [0.29, 0.717) is 11.8 Å². The third kappa shape index (κ3) is 3.20. The Labute approximate surface area is 92.6 Å². The Hall–Kier alpha value is -0.570. The summed E-state index contributed by atoms with van der Waals surface area (Å²) in [5.74, 6) is 1.22. The molecule has 1 aliphatic rings. The maximum absolute atomic E-state index is 11.6. The number of rotatable bonds is 3. The van der Waals surface area contributed by atoms with E-state index in [9.17, 15) is 4.79 Å². The molecule has 1 fully saturated rings. The number of hydrogen-bond acceptors (Lipinski definition) is 3. The molecule has 1 N–H and O–H groups in total. The molecule has 0 radical (unpaired) electrons. The Morgan fingerprint density at radius 3 is 2.80 bits per heavy atom. The van der Waals surface area contributed by atoms with Gasteiger partial charge in [-0.3, -0.25) is 4.79 Å². The van der Waals surface area contributed by atoms with Crippen LogP contribution >= 0.6 is 0 Å². The molecule has 0 aromatic carbocycles. The lowest BCUT2D eigenvalue weighted by Gasteiger charge is -2.37. The monoisotopic (exact) mass is 213 g/mol. The number of ether oxygens (including phenoxy) is 1. The van der Waals surface area contributed by atoms with Gasteiger partial charge in [-0.15, -0.1) is 0 Å². The first-order valence-electron chi connectivity index (χ1n) is 5.81. The van der Waals surface area contributed by atoms with Gasteiger partial charge in [-0.2, -0.15) is 0 Å². The summed E-state index contributed by atoms with van der Waals surface area (Å²) in [7, 11) is 1.46. The second-order valence-electron chi connectivity index (χ2n) is 5.24. The highest BCUT2D eigenvalue weighted by Crippen LogP contribution is 2.29. The first kappa shape index (κ1) is 12.5. The Kier molecular flexibility index (Phi) is 4.14. The summed E-state index contributed by atoms with van der Waals surface area (Å²) in [4.78, 5) is 11.6. The lowest BCUT2D eigenvalue weighted by molar-refractivity contribution is -0.149. The van der Waals surface area contributed by atoms with Crippen LogP contribution in [0.1, 0.15) is 40.0 Å². The fraction of sp³-hybridized carbons (Fsp3) is 0.917. The minimum Gasteiger partial charge on any atom is -0.468 e. The summed E-state index contributed by atoms with van der Waals surface area (Å²) in [5, 5.41) is 3.27. The van der Waals surface area contributed by atoms with Gasteiger partial charge in [-0.25, -0.2) is 0 Å². The van der Waals surface area contributed by atoms with Gasteiger partial charge in [-0.05, 0) is 44.6 Å². The number of carbonyl (C=O) groups is 1. The third-order valence-corrected chi connectivity index (χ3v) is 3.21. The van der Waals surface area contributed by atoms with E-state index in [4.69, 9.17) is 4.74 Å². The quantitative estimate of drug-likeness (QED) is 0.728. The van der Waals surface area contributed by atoms with Crippen molar-refractivity contribution >= 4 is 5.97 Å². The van der Waals surface area contributed by atoms with E-state index in [0.717, 1.165) is 13.0 Å². The molecule has 3 nitrogen and oxygen atoms in total. The van der Waals surface area contributed by atoms with Gasteiger partial charge in [0, 0.05) is 0 Å². The first-order valence-corrected chi connectivity index (χ1v) is 5.81. The number of nitrogens with one attached hydrogen (secondary N) is 1. The second kappa shape index (κ2) is 4.97. The SMILES string of the molecule is COC(=O)C1(C)CC(CC(C)C)CCN1. The van der Waals surface area contributed by atoms with Crippen LogP contribution in [0.25, 0.3) is 0 Å². The lowest BCUT2D eigenvalue weighted by atomic mass is 9.79. The van der Waals surface area contributed by atoms with Crippen LogP contribution in [0.15, 0.2) is 0 Å². The molecule has 15 heavy (non-hydrogen) atoms. The number of piperidine rings is 1. The highest BCUT2D eigenvalue weighted by Gasteiger charge is 2.39. The van der Waals surface area contributed by atoms with Gasteiger partial charge in [0.2, 0.25) is 0 Å². The van der Waals surface area contributed by atoms with Crippen molar-refractivity contribution in [3.05, 3.63) is 0 Å². The normalized spacial score (nSPS) is 31.7. The Morgan fingerprint density at radius 2 is 2.27 bits per heavy atom. The maximum atomic E-state index is 11.6. The Balaban J connectivity index is 2.58. The van der Waals surface area contributed by atoms with Crippen LogP contribution in [0.3, 0.4) is 0 Å². The summed E-state index contributed by atoms with van der Waals surface area (Å²) in [6, 6.07) is 0. The smallest absolute Gasteiger partial charge is 0.325 e. The van der Waals surface area contributed by atoms with Gasteiger partial charge in [0.1, 0.15) is 5.54 Å². The molecular weight excluding hydrogens is 190 g/mol. The van der Waals surface area contributed by atoms with Crippen LogP contribution in [-0.4, -0.2) is 25.2 Å². The van der Waals surface area contributed by atoms with Crippen LogP contribution in [0.5, 0.6) is 0 Å². The van der Waals surface area contributed by atoms with Crippen LogP contribution in [-0.2, 0) is 9.53 Å². The second-order valence-corrected chi connectivity index (χ2v) is 5.24. The molecule has 0 amide bonds. The van der Waals surface area contributed by atoms with Crippen LogP contribution in [0.2, 0.25) is 0 Å². The lowest BCUT2D eigenvalue weighted by Crippen LogP contribution is -2.55. The largest absolute Gasteiger partial charge is 0.468 e. The summed E-state index contributed by atoms with van der Waals surface area (Å²) in [6.07, 6.45) is 3.27. The molecule has 0 aromatic rings. The van der Waals surface area contributed by atoms with Gasteiger partial charge < -0.3 is 10.1 Å². The standard InChI is InChI=1S/C12H23NO2/c1-9(2)7-10-5-6-13-12(3,8-10)11(14)15-4/h9-10,13H,5-8H2,1-4H3. The van der Waals surface area contributed by atoms with Gasteiger partial charge in [0.25, 0.3) is 0 Å². The summed E-state index contributed by atoms with van der Waals surface area (Å²) in [6.45, 7) is 7.34. The maximum Gasteiger partial charge on any atom is 0.325 e. The van der Waals surface area contributed by atoms with Gasteiger partial charge in [-0.1, -0.05) is 13.8 Å². The van der Waals surface area contributed by atoms with E-state index in [-0.39, 0.29) is 5.97 Å². The summed E-state index contributed by atoms with van der Waals surface area (Å²) >= 11 is 0. The van der Waals surface area contributed by atoms with Crippen molar-refractivity contribution in [2.45, 2.75) is 45.6 Å². The average Bonchev–Trinajstić information content (AvgIpc) is 2.15. The fourth-order valence-corrected chi connectivity index (χ4v) is 2.55. The Bertz CT molecular complexity index is 228. The predicted octanol–water partition coefficient (Wildman–Crippen LogP) is 1.96. The average molecular weight is 213 g/mol. The zero-order valence-electron chi connectivity index (χ0n) is 10.3. The first-order chi connectivity index (χ1) is 6.98. The Morgan fingerprint density at radius 1 is 1.60 bits per heavy atom. The topological polar surface area (TPSA) is 38.3 Å². The number of esters is 1. The van der Waals surface area contributed by atoms with Gasteiger partial charge in [0.05, 0.1) is 7.11 Å². The minimum atomic E-state index is -0.466. The van der Waals surface area contributed by atoms with E-state index in [1.165, 1.54) is 20.0 Å². The summed E-state index contributed by atoms with van der Waals surface area (Å²) in [5.41, 5.74) is -0.466. The fourth-order valence-electron chi connectivity index (χ4n) is 2.55. The van der Waals surface area contributed by atoms with Crippen LogP contribution in [0.4, 0.5) is 0 Å². The van der Waals surface area contributed by atoms with Crippen molar-refractivity contribution in [3.8, 4) is 0 Å². The van der Waals surface area contributed by atoms with Crippen molar-refractivity contribution in [2.75, 3.05) is 13.7 Å². The van der Waals surface area contributed by atoms with E-state index < -0.39 is 5.54 Å². The number of hydrogen-bond donors (Lipinski definition) is 1. The van der Waals surface area contributed by atoms with E-state index >= 15 is 0 Å². The van der Waals surface area contributed by atoms with E-state index in [2.05, 4.69) is 19.2 Å². The zero-order valence-corrected chi connectivity index (χ0v) is 10.3. The molecule has 0 bridgehead atoms. The van der Waals surface area contributed by atoms with Gasteiger partial charge >= 0.3 is 5.97 Å². The highest BCUT2D eigenvalue weighted by atomic mass is 16.5. The predicted molar refractivity (Wildman–Crippen MR) is 60.6 cm³/mol. The molecule has 88 valence electrons. The van der Waals surface area contributed by atoms with E-state index in [1.54, 1.807) is 0 Å². The van der Waals surface area contributed by atoms with E-state index in [1.807, 2.05) is 6.92 Å². The minimum absolute atomic E-state index is 0.129. The molecule has 1 saturated heterocycles. The number of carbonyl (C=O) groups excluding carboxylic acids is 1. The molecule has 3 heteroatoms. The van der Waals surface area contributed by atoms with Crippen molar-refractivity contribution in [1.29, 1.82) is 0 Å². The third-order valence-electron chi connectivity index (χ3n) is 3.21. The highest BCUT2D eigenvalue weighted by molar-refractivity contribution is 5.80. The number of methoxy groups -OCH3 is 1. The van der Waals surface area contributed by atoms with Crippen molar-refractivity contribution in [1.82, 2.24) is 5.32 Å². The molecule has 2 unspecified atom stereocenters. The molecule has 0 aliphatic carbocycles. The molecule has 1 rings (SSSR count). The van der Waals surface area contributed by atoms with Crippen molar-refractivity contribution < 1.29 is 9.53 Å². The van der Waals surface area contributed by atoms with Crippen molar-refractivity contribution in [2.24, 2.45) is 11.8 Å². The molecule has 2 atom stereocenters. The van der Waals surface area contributed by atoms with Crippen LogP contribution < -0.4 is 5.32 Å². The molecule has 1 aliphatic heterocycles. The van der Waals surface area contributed by atoms with Crippen LogP contribution in [0, 0.1) is 11.8 Å².